The molecule has 2 amide bonds. The van der Waals surface area contributed by atoms with E-state index in [1.54, 1.807) is 18.3 Å². The van der Waals surface area contributed by atoms with Crippen LogP contribution in [0.15, 0.2) is 91.1 Å². The summed E-state index contributed by atoms with van der Waals surface area (Å²) in [6.45, 7) is 3.18. The molecule has 9 heteroatoms. The maximum Gasteiger partial charge on any atom is 0.413 e. The maximum absolute atomic E-state index is 13.8. The van der Waals surface area contributed by atoms with Gasteiger partial charge in [0.1, 0.15) is 18.2 Å². The van der Waals surface area contributed by atoms with Crippen molar-refractivity contribution in [2.45, 2.75) is 58.2 Å². The van der Waals surface area contributed by atoms with Crippen molar-refractivity contribution in [3.63, 3.8) is 0 Å². The van der Waals surface area contributed by atoms with Gasteiger partial charge in [0.2, 0.25) is 5.91 Å². The van der Waals surface area contributed by atoms with Crippen LogP contribution in [0.25, 0.3) is 22.2 Å². The Labute approximate surface area is 256 Å². The monoisotopic (exact) mass is 588 g/mol. The summed E-state index contributed by atoms with van der Waals surface area (Å²) in [4.78, 5) is 37.1. The van der Waals surface area contributed by atoms with Crippen molar-refractivity contribution in [1.82, 2.24) is 24.6 Å². The van der Waals surface area contributed by atoms with Gasteiger partial charge in [-0.05, 0) is 53.8 Å². The number of rotatable bonds is 10. The number of carbonyl (C=O) groups is 2. The van der Waals surface area contributed by atoms with Gasteiger partial charge < -0.3 is 9.64 Å². The zero-order chi connectivity index (χ0) is 30.3. The predicted molar refractivity (Wildman–Crippen MR) is 170 cm³/mol. The summed E-state index contributed by atoms with van der Waals surface area (Å²) in [5.41, 5.74) is 2.68. The number of aryl methyl sites for hydroxylation is 1. The van der Waals surface area contributed by atoms with Gasteiger partial charge in [-0.3, -0.25) is 10.1 Å². The Bertz CT molecular complexity index is 1740. The van der Waals surface area contributed by atoms with Crippen LogP contribution in [0.2, 0.25) is 0 Å². The number of hydrogen-bond donors (Lipinski definition) is 1. The number of aromatic nitrogens is 4. The van der Waals surface area contributed by atoms with E-state index < -0.39 is 6.09 Å². The highest BCUT2D eigenvalue weighted by Crippen LogP contribution is 2.26. The van der Waals surface area contributed by atoms with Crippen molar-refractivity contribution >= 4 is 28.6 Å². The standard InChI is InChI=1S/C35H36N6O3/c1-25-37-34(29-18-19-36-32(22-29)38-35(43)44-24-26-10-3-2-4-11-26)39-41(25)21-20-40(30-15-6-7-16-30)33(42)23-28-14-9-13-27-12-5-8-17-31(27)28/h2-5,8-14,17-19,22,30H,6-7,15-16,20-21,23-24H2,1H3,(H,36,38,43). The molecule has 0 saturated heterocycles. The molecule has 0 atom stereocenters. The Morgan fingerprint density at radius 2 is 1.75 bits per heavy atom. The first kappa shape index (κ1) is 29.0. The van der Waals surface area contributed by atoms with E-state index in [9.17, 15) is 9.59 Å². The maximum atomic E-state index is 13.8. The highest BCUT2D eigenvalue weighted by molar-refractivity contribution is 5.90. The molecule has 0 radical (unpaired) electrons. The van der Waals surface area contributed by atoms with Gasteiger partial charge in [-0.2, -0.15) is 5.10 Å². The van der Waals surface area contributed by atoms with Crippen molar-refractivity contribution < 1.29 is 14.3 Å². The number of ether oxygens (including phenoxy) is 1. The fourth-order valence-corrected chi connectivity index (χ4v) is 5.90. The van der Waals surface area contributed by atoms with E-state index in [0.717, 1.165) is 59.0 Å². The second-order valence-corrected chi connectivity index (χ2v) is 11.2. The third-order valence-corrected chi connectivity index (χ3v) is 8.18. The van der Waals surface area contributed by atoms with Gasteiger partial charge in [0.15, 0.2) is 5.82 Å². The molecule has 9 nitrogen and oxygen atoms in total. The molecule has 0 spiro atoms. The Balaban J connectivity index is 1.12. The van der Waals surface area contributed by atoms with Gasteiger partial charge in [0.25, 0.3) is 0 Å². The van der Waals surface area contributed by atoms with Crippen LogP contribution in [0, 0.1) is 6.92 Å². The molecule has 2 heterocycles. The summed E-state index contributed by atoms with van der Waals surface area (Å²) in [7, 11) is 0. The average molecular weight is 589 g/mol. The molecule has 0 aliphatic heterocycles. The molecule has 2 aromatic heterocycles. The molecule has 1 fully saturated rings. The molecular weight excluding hydrogens is 552 g/mol. The molecule has 5 aromatic rings. The molecule has 1 N–H and O–H groups in total. The third-order valence-electron chi connectivity index (χ3n) is 8.18. The highest BCUT2D eigenvalue weighted by atomic mass is 16.5. The van der Waals surface area contributed by atoms with E-state index in [1.807, 2.05) is 60.1 Å². The van der Waals surface area contributed by atoms with Crippen LogP contribution in [0.4, 0.5) is 10.6 Å². The zero-order valence-corrected chi connectivity index (χ0v) is 24.9. The van der Waals surface area contributed by atoms with Crippen LogP contribution in [-0.2, 0) is 29.1 Å². The number of fused-ring (bicyclic) bond motifs is 1. The smallest absolute Gasteiger partial charge is 0.413 e. The van der Waals surface area contributed by atoms with Crippen molar-refractivity contribution in [2.75, 3.05) is 11.9 Å². The topological polar surface area (TPSA) is 102 Å². The number of nitrogens with zero attached hydrogens (tertiary/aromatic N) is 5. The second kappa shape index (κ2) is 13.5. The van der Waals surface area contributed by atoms with Crippen molar-refractivity contribution in [3.8, 4) is 11.4 Å². The number of pyridine rings is 1. The Kier molecular flexibility index (Phi) is 8.91. The van der Waals surface area contributed by atoms with Crippen molar-refractivity contribution in [3.05, 3.63) is 108 Å². The van der Waals surface area contributed by atoms with Crippen molar-refractivity contribution in [2.24, 2.45) is 0 Å². The summed E-state index contributed by atoms with van der Waals surface area (Å²) in [6.07, 6.45) is 5.74. The van der Waals surface area contributed by atoms with Gasteiger partial charge in [0.05, 0.1) is 13.0 Å². The Hall–Kier alpha value is -5.05. The lowest BCUT2D eigenvalue weighted by Gasteiger charge is -2.29. The summed E-state index contributed by atoms with van der Waals surface area (Å²) in [6, 6.07) is 27.7. The molecule has 1 aliphatic carbocycles. The number of hydrogen-bond acceptors (Lipinski definition) is 6. The molecule has 3 aromatic carbocycles. The van der Waals surface area contributed by atoms with Gasteiger partial charge in [-0.15, -0.1) is 0 Å². The molecule has 1 aliphatic rings. The van der Waals surface area contributed by atoms with Gasteiger partial charge in [0, 0.05) is 24.3 Å². The Morgan fingerprint density at radius 3 is 2.59 bits per heavy atom. The van der Waals surface area contributed by atoms with Crippen LogP contribution in [0.5, 0.6) is 0 Å². The fraction of sp³-hybridized carbons (Fsp3) is 0.286. The summed E-state index contributed by atoms with van der Waals surface area (Å²) in [5.74, 6) is 1.78. The lowest BCUT2D eigenvalue weighted by molar-refractivity contribution is -0.132. The van der Waals surface area contributed by atoms with Crippen LogP contribution < -0.4 is 5.32 Å². The van der Waals surface area contributed by atoms with E-state index in [2.05, 4.69) is 44.5 Å². The van der Waals surface area contributed by atoms with Crippen LogP contribution in [0.3, 0.4) is 0 Å². The van der Waals surface area contributed by atoms with Gasteiger partial charge >= 0.3 is 6.09 Å². The van der Waals surface area contributed by atoms with E-state index in [4.69, 9.17) is 9.84 Å². The van der Waals surface area contributed by atoms with E-state index in [-0.39, 0.29) is 18.6 Å². The fourth-order valence-electron chi connectivity index (χ4n) is 5.90. The lowest BCUT2D eigenvalue weighted by atomic mass is 10.0. The molecule has 0 bridgehead atoms. The minimum atomic E-state index is -0.589. The first-order chi connectivity index (χ1) is 21.5. The van der Waals surface area contributed by atoms with Crippen LogP contribution in [-0.4, -0.2) is 49.2 Å². The van der Waals surface area contributed by atoms with E-state index in [0.29, 0.717) is 31.2 Å². The van der Waals surface area contributed by atoms with Gasteiger partial charge in [-0.25, -0.2) is 19.4 Å². The molecule has 1 saturated carbocycles. The first-order valence-electron chi connectivity index (χ1n) is 15.2. The quantitative estimate of drug-likeness (QED) is 0.198. The number of carbonyl (C=O) groups excluding carboxylic acids is 2. The van der Waals surface area contributed by atoms with Crippen LogP contribution >= 0.6 is 0 Å². The number of anilines is 1. The SMILES string of the molecule is Cc1nc(-c2ccnc(NC(=O)OCc3ccccc3)c2)nn1CCN(C(=O)Cc1cccc2ccccc12)C1CCCC1. The third kappa shape index (κ3) is 6.94. The summed E-state index contributed by atoms with van der Waals surface area (Å²) in [5, 5.41) is 9.71. The number of benzene rings is 3. The minimum absolute atomic E-state index is 0.148. The highest BCUT2D eigenvalue weighted by Gasteiger charge is 2.27. The summed E-state index contributed by atoms with van der Waals surface area (Å²) >= 11 is 0. The van der Waals surface area contributed by atoms with Gasteiger partial charge in [-0.1, -0.05) is 85.6 Å². The molecular formula is C35H36N6O3. The normalized spacial score (nSPS) is 13.2. The zero-order valence-electron chi connectivity index (χ0n) is 24.9. The van der Waals surface area contributed by atoms with E-state index >= 15 is 0 Å². The number of amides is 2. The Morgan fingerprint density at radius 1 is 0.977 bits per heavy atom. The first-order valence-corrected chi connectivity index (χ1v) is 15.2. The second-order valence-electron chi connectivity index (χ2n) is 11.2. The molecule has 224 valence electrons. The molecule has 0 unspecified atom stereocenters. The van der Waals surface area contributed by atoms with Crippen LogP contribution in [0.1, 0.15) is 42.6 Å². The largest absolute Gasteiger partial charge is 0.444 e. The minimum Gasteiger partial charge on any atom is -0.444 e. The van der Waals surface area contributed by atoms with E-state index in [1.165, 1.54) is 0 Å². The number of nitrogens with one attached hydrogen (secondary N) is 1. The predicted octanol–water partition coefficient (Wildman–Crippen LogP) is 6.56. The molecule has 6 rings (SSSR count). The van der Waals surface area contributed by atoms with Crippen molar-refractivity contribution in [1.29, 1.82) is 0 Å². The average Bonchev–Trinajstić information content (AvgIpc) is 3.71. The summed E-state index contributed by atoms with van der Waals surface area (Å²) < 4.78 is 7.17. The lowest BCUT2D eigenvalue weighted by Crippen LogP contribution is -2.42. The molecule has 44 heavy (non-hydrogen) atoms.